The van der Waals surface area contributed by atoms with Crippen molar-refractivity contribution in [2.75, 3.05) is 33.4 Å². The Balaban J connectivity index is 2.13. The number of rotatable bonds is 6. The number of ether oxygens (including phenoxy) is 1. The summed E-state index contributed by atoms with van der Waals surface area (Å²) >= 11 is 0. The topological polar surface area (TPSA) is 72.6 Å². The molecule has 6 heteroatoms. The highest BCUT2D eigenvalue weighted by molar-refractivity contribution is 7.89. The predicted octanol–water partition coefficient (Wildman–Crippen LogP) is 1.23. The first-order chi connectivity index (χ1) is 10.1. The molecule has 1 aromatic rings. The van der Waals surface area contributed by atoms with Gasteiger partial charge >= 0.3 is 0 Å². The maximum atomic E-state index is 12.7. The highest BCUT2D eigenvalue weighted by atomic mass is 32.2. The van der Waals surface area contributed by atoms with Crippen LogP contribution >= 0.6 is 0 Å². The standard InChI is InChI=1S/C15H24N2O3S/c1-20-12-14-3-2-10-17(11-14)21(18,19)15-6-4-13(5-7-15)8-9-16/h4-7,14H,2-3,8-12,16H2,1H3. The normalized spacial score (nSPS) is 20.6. The van der Waals surface area contributed by atoms with Crippen LogP contribution in [0.5, 0.6) is 0 Å². The molecule has 0 aliphatic carbocycles. The monoisotopic (exact) mass is 312 g/mol. The van der Waals surface area contributed by atoms with Crippen LogP contribution in [0.1, 0.15) is 18.4 Å². The zero-order valence-corrected chi connectivity index (χ0v) is 13.3. The second-order valence-corrected chi connectivity index (χ2v) is 7.45. The Morgan fingerprint density at radius 1 is 1.33 bits per heavy atom. The van der Waals surface area contributed by atoms with Crippen molar-refractivity contribution in [2.24, 2.45) is 11.7 Å². The first kappa shape index (κ1) is 16.4. The fraction of sp³-hybridized carbons (Fsp3) is 0.600. The molecule has 0 saturated carbocycles. The second kappa shape index (κ2) is 7.35. The number of benzene rings is 1. The highest BCUT2D eigenvalue weighted by Gasteiger charge is 2.30. The number of methoxy groups -OCH3 is 1. The molecule has 1 heterocycles. The second-order valence-electron chi connectivity index (χ2n) is 5.51. The Kier molecular flexibility index (Phi) is 5.75. The van der Waals surface area contributed by atoms with Gasteiger partial charge in [0, 0.05) is 20.2 Å². The minimum Gasteiger partial charge on any atom is -0.384 e. The van der Waals surface area contributed by atoms with Gasteiger partial charge in [0.15, 0.2) is 0 Å². The molecule has 0 radical (unpaired) electrons. The van der Waals surface area contributed by atoms with Gasteiger partial charge in [-0.1, -0.05) is 12.1 Å². The first-order valence-electron chi connectivity index (χ1n) is 7.36. The Bertz CT molecular complexity index is 541. The summed E-state index contributed by atoms with van der Waals surface area (Å²) in [6.45, 7) is 2.31. The van der Waals surface area contributed by atoms with Gasteiger partial charge in [-0.25, -0.2) is 8.42 Å². The van der Waals surface area contributed by atoms with Crippen molar-refractivity contribution in [3.8, 4) is 0 Å². The summed E-state index contributed by atoms with van der Waals surface area (Å²) in [5.74, 6) is 0.287. The molecule has 1 fully saturated rings. The lowest BCUT2D eigenvalue weighted by Gasteiger charge is -2.31. The van der Waals surface area contributed by atoms with Crippen molar-refractivity contribution in [2.45, 2.75) is 24.2 Å². The molecular weight excluding hydrogens is 288 g/mol. The van der Waals surface area contributed by atoms with E-state index in [1.165, 1.54) is 0 Å². The summed E-state index contributed by atoms with van der Waals surface area (Å²) in [4.78, 5) is 0.362. The van der Waals surface area contributed by atoms with Crippen LogP contribution in [0.15, 0.2) is 29.2 Å². The molecule has 1 unspecified atom stereocenters. The smallest absolute Gasteiger partial charge is 0.243 e. The fourth-order valence-corrected chi connectivity index (χ4v) is 4.32. The molecule has 1 aliphatic heterocycles. The summed E-state index contributed by atoms with van der Waals surface area (Å²) in [6, 6.07) is 7.05. The Morgan fingerprint density at radius 2 is 2.05 bits per heavy atom. The molecule has 1 aliphatic rings. The van der Waals surface area contributed by atoms with Gasteiger partial charge in [-0.15, -0.1) is 0 Å². The van der Waals surface area contributed by atoms with Crippen molar-refractivity contribution in [1.29, 1.82) is 0 Å². The van der Waals surface area contributed by atoms with E-state index in [0.717, 1.165) is 24.8 Å². The summed E-state index contributed by atoms with van der Waals surface area (Å²) in [7, 11) is -1.74. The molecule has 0 spiro atoms. The van der Waals surface area contributed by atoms with E-state index in [9.17, 15) is 8.42 Å². The zero-order valence-electron chi connectivity index (χ0n) is 12.5. The quantitative estimate of drug-likeness (QED) is 0.857. The summed E-state index contributed by atoms with van der Waals surface area (Å²) < 4.78 is 32.1. The van der Waals surface area contributed by atoms with E-state index in [1.807, 2.05) is 12.1 Å². The third-order valence-electron chi connectivity index (χ3n) is 3.88. The number of hydrogen-bond donors (Lipinski definition) is 1. The number of nitrogens with two attached hydrogens (primary N) is 1. The Hall–Kier alpha value is -0.950. The minimum atomic E-state index is -3.40. The van der Waals surface area contributed by atoms with Gasteiger partial charge in [0.05, 0.1) is 11.5 Å². The van der Waals surface area contributed by atoms with E-state index >= 15 is 0 Å². The zero-order chi connectivity index (χ0) is 15.3. The van der Waals surface area contributed by atoms with Crippen LogP contribution in [-0.2, 0) is 21.2 Å². The molecular formula is C15H24N2O3S. The molecule has 21 heavy (non-hydrogen) atoms. The van der Waals surface area contributed by atoms with Crippen LogP contribution in [0, 0.1) is 5.92 Å². The van der Waals surface area contributed by atoms with E-state index in [1.54, 1.807) is 23.5 Å². The third kappa shape index (κ3) is 4.03. The molecule has 2 rings (SSSR count). The molecule has 1 aromatic carbocycles. The van der Waals surface area contributed by atoms with Gasteiger partial charge in [0.25, 0.3) is 0 Å². The van der Waals surface area contributed by atoms with Gasteiger partial charge in [-0.05, 0) is 49.4 Å². The van der Waals surface area contributed by atoms with Crippen molar-refractivity contribution in [3.05, 3.63) is 29.8 Å². The van der Waals surface area contributed by atoms with Gasteiger partial charge in [0.1, 0.15) is 0 Å². The average molecular weight is 312 g/mol. The Morgan fingerprint density at radius 3 is 2.67 bits per heavy atom. The molecule has 5 nitrogen and oxygen atoms in total. The van der Waals surface area contributed by atoms with Gasteiger partial charge < -0.3 is 10.5 Å². The van der Waals surface area contributed by atoms with E-state index in [0.29, 0.717) is 31.1 Å². The average Bonchev–Trinajstić information content (AvgIpc) is 2.49. The summed E-state index contributed by atoms with van der Waals surface area (Å²) in [6.07, 6.45) is 2.67. The van der Waals surface area contributed by atoms with Crippen LogP contribution in [0.25, 0.3) is 0 Å². The van der Waals surface area contributed by atoms with Gasteiger partial charge in [-0.2, -0.15) is 4.31 Å². The fourth-order valence-electron chi connectivity index (χ4n) is 2.76. The predicted molar refractivity (Wildman–Crippen MR) is 82.6 cm³/mol. The van der Waals surface area contributed by atoms with E-state index in [2.05, 4.69) is 0 Å². The van der Waals surface area contributed by atoms with Crippen LogP contribution in [0.3, 0.4) is 0 Å². The minimum absolute atomic E-state index is 0.287. The first-order valence-corrected chi connectivity index (χ1v) is 8.80. The van der Waals surface area contributed by atoms with Crippen molar-refractivity contribution in [3.63, 3.8) is 0 Å². The lowest BCUT2D eigenvalue weighted by Crippen LogP contribution is -2.41. The highest BCUT2D eigenvalue weighted by Crippen LogP contribution is 2.24. The maximum absolute atomic E-state index is 12.7. The SMILES string of the molecule is COCC1CCCN(S(=O)(=O)c2ccc(CCN)cc2)C1. The van der Waals surface area contributed by atoms with Crippen LogP contribution in [0.2, 0.25) is 0 Å². The van der Waals surface area contributed by atoms with E-state index < -0.39 is 10.0 Å². The number of hydrogen-bond acceptors (Lipinski definition) is 4. The number of sulfonamides is 1. The van der Waals surface area contributed by atoms with Gasteiger partial charge in [0.2, 0.25) is 10.0 Å². The molecule has 0 aromatic heterocycles. The van der Waals surface area contributed by atoms with Crippen molar-refractivity contribution >= 4 is 10.0 Å². The van der Waals surface area contributed by atoms with Crippen LogP contribution < -0.4 is 5.73 Å². The van der Waals surface area contributed by atoms with Gasteiger partial charge in [-0.3, -0.25) is 0 Å². The lowest BCUT2D eigenvalue weighted by atomic mass is 10.0. The van der Waals surface area contributed by atoms with Crippen molar-refractivity contribution in [1.82, 2.24) is 4.31 Å². The molecule has 0 amide bonds. The Labute approximate surface area is 127 Å². The summed E-state index contributed by atoms with van der Waals surface area (Å²) in [5.41, 5.74) is 6.57. The lowest BCUT2D eigenvalue weighted by molar-refractivity contribution is 0.118. The molecule has 0 bridgehead atoms. The van der Waals surface area contributed by atoms with E-state index in [4.69, 9.17) is 10.5 Å². The molecule has 118 valence electrons. The number of piperidine rings is 1. The third-order valence-corrected chi connectivity index (χ3v) is 5.76. The van der Waals surface area contributed by atoms with Crippen molar-refractivity contribution < 1.29 is 13.2 Å². The molecule has 1 atom stereocenters. The summed E-state index contributed by atoms with van der Waals surface area (Å²) in [5, 5.41) is 0. The van der Waals surface area contributed by atoms with Crippen LogP contribution in [-0.4, -0.2) is 46.1 Å². The number of nitrogens with zero attached hydrogens (tertiary/aromatic N) is 1. The van der Waals surface area contributed by atoms with Crippen LogP contribution in [0.4, 0.5) is 0 Å². The largest absolute Gasteiger partial charge is 0.384 e. The molecule has 2 N–H and O–H groups in total. The van der Waals surface area contributed by atoms with E-state index in [-0.39, 0.29) is 5.92 Å². The maximum Gasteiger partial charge on any atom is 0.243 e. The molecule has 1 saturated heterocycles.